The van der Waals surface area contributed by atoms with Gasteiger partial charge in [-0.25, -0.2) is 4.98 Å². The fourth-order valence-electron chi connectivity index (χ4n) is 5.40. The Morgan fingerprint density at radius 2 is 1.60 bits per heavy atom. The number of hydrogen-bond donors (Lipinski definition) is 2. The highest BCUT2D eigenvalue weighted by Crippen LogP contribution is 2.31. The lowest BCUT2D eigenvalue weighted by Gasteiger charge is -2.30. The van der Waals surface area contributed by atoms with Crippen molar-refractivity contribution in [2.75, 3.05) is 38.0 Å². The molecule has 0 saturated heterocycles. The summed E-state index contributed by atoms with van der Waals surface area (Å²) in [6.07, 6.45) is 4.84. The molecule has 1 aliphatic rings. The summed E-state index contributed by atoms with van der Waals surface area (Å²) in [6, 6.07) is 23.8. The lowest BCUT2D eigenvalue weighted by atomic mass is 9.86. The number of ether oxygens (including phenoxy) is 1. The van der Waals surface area contributed by atoms with E-state index in [-0.39, 0.29) is 0 Å². The Balaban J connectivity index is 1.15. The van der Waals surface area contributed by atoms with Crippen LogP contribution in [0.4, 0.5) is 11.5 Å². The maximum atomic E-state index is 5.54. The quantitative estimate of drug-likeness (QED) is 0.321. The van der Waals surface area contributed by atoms with Crippen molar-refractivity contribution in [2.24, 2.45) is 5.92 Å². The highest BCUT2D eigenvalue weighted by Gasteiger charge is 2.22. The molecule has 5 rings (SSSR count). The molecule has 0 unspecified atom stereocenters. The molecule has 1 saturated carbocycles. The second-order valence-electron chi connectivity index (χ2n) is 9.90. The Morgan fingerprint density at radius 1 is 0.886 bits per heavy atom. The highest BCUT2D eigenvalue weighted by atomic mass is 16.5. The topological polar surface area (TPSA) is 49.4 Å². The fraction of sp³-hybridized carbons (Fsp3) is 0.367. The molecule has 2 N–H and O–H groups in total. The third-order valence-electron chi connectivity index (χ3n) is 7.32. The van der Waals surface area contributed by atoms with Gasteiger partial charge in [0.25, 0.3) is 0 Å². The van der Waals surface area contributed by atoms with E-state index in [9.17, 15) is 0 Å². The normalized spacial score (nSPS) is 18.0. The van der Waals surface area contributed by atoms with Crippen LogP contribution in [0.15, 0.2) is 66.7 Å². The Labute approximate surface area is 208 Å². The molecule has 0 bridgehead atoms. The summed E-state index contributed by atoms with van der Waals surface area (Å²) >= 11 is 0. The molecule has 0 amide bonds. The van der Waals surface area contributed by atoms with E-state index in [1.165, 1.54) is 53.1 Å². The van der Waals surface area contributed by atoms with E-state index in [0.29, 0.717) is 6.04 Å². The fourth-order valence-corrected chi connectivity index (χ4v) is 5.40. The summed E-state index contributed by atoms with van der Waals surface area (Å²) in [4.78, 5) is 7.06. The van der Waals surface area contributed by atoms with Gasteiger partial charge in [0.1, 0.15) is 11.6 Å². The number of pyridine rings is 1. The molecule has 3 aromatic carbocycles. The van der Waals surface area contributed by atoms with Crippen LogP contribution >= 0.6 is 0 Å². The predicted octanol–water partition coefficient (Wildman–Crippen LogP) is 6.22. The van der Waals surface area contributed by atoms with Gasteiger partial charge < -0.3 is 20.3 Å². The van der Waals surface area contributed by atoms with Gasteiger partial charge in [-0.3, -0.25) is 0 Å². The van der Waals surface area contributed by atoms with Crippen LogP contribution in [0.1, 0.15) is 31.2 Å². The summed E-state index contributed by atoms with van der Waals surface area (Å²) in [5.74, 6) is 2.65. The molecule has 182 valence electrons. The summed E-state index contributed by atoms with van der Waals surface area (Å²) in [6.45, 7) is 1.95. The molecule has 5 heteroatoms. The van der Waals surface area contributed by atoms with E-state index in [4.69, 9.17) is 9.72 Å². The SMILES string of the molecule is COc1ccc(CNC[C@H]2CC[C@@H](Nc3cc(N(C)C)c4ccccc4n3)CC2)c2ccccc12. The van der Waals surface area contributed by atoms with Crippen molar-refractivity contribution in [1.82, 2.24) is 10.3 Å². The first kappa shape index (κ1) is 23.4. The lowest BCUT2D eigenvalue weighted by molar-refractivity contribution is 0.324. The zero-order valence-corrected chi connectivity index (χ0v) is 21.1. The molecule has 1 aliphatic carbocycles. The van der Waals surface area contributed by atoms with Gasteiger partial charge in [0.05, 0.1) is 12.6 Å². The van der Waals surface area contributed by atoms with Gasteiger partial charge in [0.15, 0.2) is 0 Å². The number of nitrogens with one attached hydrogen (secondary N) is 2. The number of nitrogens with zero attached hydrogens (tertiary/aromatic N) is 2. The minimum atomic E-state index is 0.487. The van der Waals surface area contributed by atoms with E-state index in [0.717, 1.165) is 36.1 Å². The van der Waals surface area contributed by atoms with Gasteiger partial charge in [0.2, 0.25) is 0 Å². The first-order valence-electron chi connectivity index (χ1n) is 12.7. The van der Waals surface area contributed by atoms with Gasteiger partial charge in [0, 0.05) is 49.2 Å². The molecule has 4 aromatic rings. The Morgan fingerprint density at radius 3 is 2.34 bits per heavy atom. The summed E-state index contributed by atoms with van der Waals surface area (Å²) in [7, 11) is 5.93. The largest absolute Gasteiger partial charge is 0.496 e. The molecule has 0 atom stereocenters. The summed E-state index contributed by atoms with van der Waals surface area (Å²) in [5, 5.41) is 11.1. The third kappa shape index (κ3) is 5.20. The number of fused-ring (bicyclic) bond motifs is 2. The van der Waals surface area contributed by atoms with E-state index in [2.05, 4.69) is 96.4 Å². The maximum absolute atomic E-state index is 5.54. The number of benzene rings is 3. The Bertz CT molecular complexity index is 1290. The summed E-state index contributed by atoms with van der Waals surface area (Å²) < 4.78 is 5.54. The van der Waals surface area contributed by atoms with Gasteiger partial charge in [-0.15, -0.1) is 0 Å². The monoisotopic (exact) mass is 468 g/mol. The summed E-state index contributed by atoms with van der Waals surface area (Å²) in [5.41, 5.74) is 3.59. The Kier molecular flexibility index (Phi) is 7.05. The van der Waals surface area contributed by atoms with E-state index < -0.39 is 0 Å². The van der Waals surface area contributed by atoms with Crippen molar-refractivity contribution in [3.63, 3.8) is 0 Å². The van der Waals surface area contributed by atoms with Crippen LogP contribution in [-0.4, -0.2) is 38.8 Å². The van der Waals surface area contributed by atoms with E-state index >= 15 is 0 Å². The molecule has 1 heterocycles. The number of hydrogen-bond acceptors (Lipinski definition) is 5. The van der Waals surface area contributed by atoms with E-state index in [1.807, 2.05) is 0 Å². The maximum Gasteiger partial charge on any atom is 0.128 e. The van der Waals surface area contributed by atoms with Gasteiger partial charge >= 0.3 is 0 Å². The van der Waals surface area contributed by atoms with Crippen molar-refractivity contribution < 1.29 is 4.74 Å². The van der Waals surface area contributed by atoms with Crippen LogP contribution in [0, 0.1) is 5.92 Å². The number of para-hydroxylation sites is 1. The average molecular weight is 469 g/mol. The number of aromatic nitrogens is 1. The van der Waals surface area contributed by atoms with Crippen molar-refractivity contribution in [3.05, 3.63) is 72.3 Å². The van der Waals surface area contributed by atoms with Crippen molar-refractivity contribution in [2.45, 2.75) is 38.3 Å². The smallest absolute Gasteiger partial charge is 0.128 e. The predicted molar refractivity (Wildman–Crippen MR) is 148 cm³/mol. The minimum Gasteiger partial charge on any atom is -0.496 e. The van der Waals surface area contributed by atoms with Crippen LogP contribution in [-0.2, 0) is 6.54 Å². The first-order chi connectivity index (χ1) is 17.1. The molecular formula is C30H36N4O. The van der Waals surface area contributed by atoms with Crippen molar-refractivity contribution in [3.8, 4) is 5.75 Å². The van der Waals surface area contributed by atoms with Crippen LogP contribution < -0.4 is 20.3 Å². The number of anilines is 2. The lowest BCUT2D eigenvalue weighted by Crippen LogP contribution is -2.31. The van der Waals surface area contributed by atoms with Gasteiger partial charge in [-0.05, 0) is 61.2 Å². The highest BCUT2D eigenvalue weighted by molar-refractivity contribution is 5.93. The van der Waals surface area contributed by atoms with Crippen molar-refractivity contribution in [1.29, 1.82) is 0 Å². The molecule has 35 heavy (non-hydrogen) atoms. The molecule has 0 spiro atoms. The molecule has 0 aliphatic heterocycles. The minimum absolute atomic E-state index is 0.487. The van der Waals surface area contributed by atoms with Gasteiger partial charge in [-0.2, -0.15) is 0 Å². The van der Waals surface area contributed by atoms with Crippen LogP contribution in [0.3, 0.4) is 0 Å². The molecule has 0 radical (unpaired) electrons. The number of methoxy groups -OCH3 is 1. The molecule has 1 aromatic heterocycles. The first-order valence-corrected chi connectivity index (χ1v) is 12.7. The van der Waals surface area contributed by atoms with Crippen LogP contribution in [0.2, 0.25) is 0 Å². The molecular weight excluding hydrogens is 432 g/mol. The standard InChI is InChI=1S/C30H36N4O/c1-34(2)28-18-30(33-27-11-7-6-10-26(27)28)32-23-15-12-21(13-16-23)19-31-20-22-14-17-29(35-3)25-9-5-4-8-24(22)25/h4-11,14,17-18,21,23,31H,12-13,15-16,19-20H2,1-3H3,(H,32,33)/t21-,23+. The average Bonchev–Trinajstić information content (AvgIpc) is 2.89. The Hall–Kier alpha value is -3.31. The van der Waals surface area contributed by atoms with Gasteiger partial charge in [-0.1, -0.05) is 48.5 Å². The molecule has 1 fully saturated rings. The third-order valence-corrected chi connectivity index (χ3v) is 7.32. The second kappa shape index (κ2) is 10.5. The van der Waals surface area contributed by atoms with Crippen molar-refractivity contribution >= 4 is 33.2 Å². The van der Waals surface area contributed by atoms with Crippen LogP contribution in [0.25, 0.3) is 21.7 Å². The zero-order valence-electron chi connectivity index (χ0n) is 21.1. The number of rotatable bonds is 8. The second-order valence-corrected chi connectivity index (χ2v) is 9.90. The zero-order chi connectivity index (χ0) is 24.2. The van der Waals surface area contributed by atoms with E-state index in [1.54, 1.807) is 7.11 Å². The van der Waals surface area contributed by atoms with Crippen LogP contribution in [0.5, 0.6) is 5.75 Å². The molecule has 5 nitrogen and oxygen atoms in total.